The smallest absolute Gasteiger partial charge is 0.412 e. The van der Waals surface area contributed by atoms with Gasteiger partial charge in [-0.1, -0.05) is 36.4 Å². The Hall–Kier alpha value is -3.39. The summed E-state index contributed by atoms with van der Waals surface area (Å²) in [6.45, 7) is 13.4. The molecule has 8 nitrogen and oxygen atoms in total. The van der Waals surface area contributed by atoms with E-state index >= 15 is 0 Å². The van der Waals surface area contributed by atoms with Crippen molar-refractivity contribution >= 4 is 40.7 Å². The fraction of sp³-hybridized carbons (Fsp3) is 0.407. The van der Waals surface area contributed by atoms with Gasteiger partial charge in [-0.15, -0.1) is 0 Å². The second-order valence-corrected chi connectivity index (χ2v) is 9.96. The van der Waals surface area contributed by atoms with Gasteiger partial charge in [-0.3, -0.25) is 10.3 Å². The molecule has 1 aromatic heterocycles. The number of carbonyl (C=O) groups is 1. The number of piperidine rings is 1. The summed E-state index contributed by atoms with van der Waals surface area (Å²) in [6.07, 6.45) is 6.76. The second kappa shape index (κ2) is 12.0. The van der Waals surface area contributed by atoms with Crippen LogP contribution in [0.3, 0.4) is 0 Å². The number of likely N-dealkylation sites (tertiary alicyclic amines) is 1. The highest BCUT2D eigenvalue weighted by atomic mass is 35.5. The van der Waals surface area contributed by atoms with Gasteiger partial charge in [0.2, 0.25) is 5.95 Å². The lowest BCUT2D eigenvalue weighted by molar-refractivity contribution is 0.0636. The highest BCUT2D eigenvalue weighted by molar-refractivity contribution is 6.34. The summed E-state index contributed by atoms with van der Waals surface area (Å²) in [7, 11) is 1.72. The maximum absolute atomic E-state index is 12.0. The molecular formula is C27H35ClN6O2. The fourth-order valence-electron chi connectivity index (χ4n) is 3.86. The molecule has 0 aliphatic carbocycles. The molecule has 2 N–H and O–H groups in total. The van der Waals surface area contributed by atoms with Crippen molar-refractivity contribution in [2.24, 2.45) is 4.99 Å². The summed E-state index contributed by atoms with van der Waals surface area (Å²) >= 11 is 6.31. The van der Waals surface area contributed by atoms with Crippen molar-refractivity contribution in [2.75, 3.05) is 30.8 Å². The molecule has 1 aliphatic heterocycles. The zero-order valence-corrected chi connectivity index (χ0v) is 22.4. The molecule has 0 radical (unpaired) electrons. The normalized spacial score (nSPS) is 15.2. The molecule has 3 rings (SSSR count). The number of nitrogens with zero attached hydrogens (tertiary/aromatic N) is 4. The molecule has 2 aromatic rings. The predicted octanol–water partition coefficient (Wildman–Crippen LogP) is 6.02. The van der Waals surface area contributed by atoms with E-state index < -0.39 is 11.7 Å². The summed E-state index contributed by atoms with van der Waals surface area (Å²) in [5, 5.41) is 6.67. The number of rotatable bonds is 7. The van der Waals surface area contributed by atoms with E-state index in [1.54, 1.807) is 13.2 Å². The van der Waals surface area contributed by atoms with Gasteiger partial charge in [0.1, 0.15) is 11.3 Å². The maximum Gasteiger partial charge on any atom is 0.412 e. The molecule has 1 saturated heterocycles. The largest absolute Gasteiger partial charge is 0.444 e. The van der Waals surface area contributed by atoms with Gasteiger partial charge in [0.25, 0.3) is 0 Å². The van der Waals surface area contributed by atoms with Gasteiger partial charge in [-0.05, 0) is 64.3 Å². The zero-order chi connectivity index (χ0) is 26.3. The Kier molecular flexibility index (Phi) is 9.09. The highest BCUT2D eigenvalue weighted by Gasteiger charge is 2.22. The molecule has 9 heteroatoms. The van der Waals surface area contributed by atoms with Crippen LogP contribution < -0.4 is 10.6 Å². The molecule has 0 unspecified atom stereocenters. The lowest BCUT2D eigenvalue weighted by Crippen LogP contribution is -2.38. The topological polar surface area (TPSA) is 91.7 Å². The number of aromatic nitrogens is 2. The van der Waals surface area contributed by atoms with E-state index in [1.807, 2.05) is 64.1 Å². The van der Waals surface area contributed by atoms with Crippen LogP contribution in [-0.2, 0) is 4.74 Å². The SMILES string of the molecule is C=C(c1ccc(NC(=O)OC(C)(C)C)cc1)N1CCC(Nc2ncc(Cl)c(C(/C=C\C)=NC)n2)CC1. The van der Waals surface area contributed by atoms with Crippen LogP contribution in [0.4, 0.5) is 16.4 Å². The predicted molar refractivity (Wildman–Crippen MR) is 148 cm³/mol. The molecule has 1 amide bonds. The first-order chi connectivity index (χ1) is 17.1. The summed E-state index contributed by atoms with van der Waals surface area (Å²) in [5.74, 6) is 0.547. The van der Waals surface area contributed by atoms with Crippen LogP contribution >= 0.6 is 11.6 Å². The number of amides is 1. The van der Waals surface area contributed by atoms with E-state index in [-0.39, 0.29) is 6.04 Å². The first-order valence-electron chi connectivity index (χ1n) is 12.0. The number of anilines is 2. The molecule has 36 heavy (non-hydrogen) atoms. The van der Waals surface area contributed by atoms with Crippen LogP contribution in [0.5, 0.6) is 0 Å². The number of allylic oxidation sites excluding steroid dienone is 2. The van der Waals surface area contributed by atoms with Gasteiger partial charge in [-0.2, -0.15) is 0 Å². The molecule has 1 aliphatic rings. The Labute approximate surface area is 218 Å². The number of nitrogens with one attached hydrogen (secondary N) is 2. The third-order valence-electron chi connectivity index (χ3n) is 5.63. The Morgan fingerprint density at radius 2 is 1.92 bits per heavy atom. The van der Waals surface area contributed by atoms with E-state index in [9.17, 15) is 4.79 Å². The van der Waals surface area contributed by atoms with E-state index in [0.29, 0.717) is 28.1 Å². The van der Waals surface area contributed by atoms with Crippen LogP contribution in [0.1, 0.15) is 51.8 Å². The standard InChI is InChI=1S/C27H35ClN6O2/c1-7-8-23(29-6)24-22(28)17-30-25(33-24)31-21-13-15-34(16-14-21)18(2)19-9-11-20(12-10-19)32-26(35)36-27(3,4)5/h7-12,17,21H,2,13-16H2,1,3-6H3,(H,32,35)(H,30,31,33)/b8-7-,29-23?. The van der Waals surface area contributed by atoms with Crippen molar-refractivity contribution in [3.05, 3.63) is 65.5 Å². The molecule has 0 spiro atoms. The minimum Gasteiger partial charge on any atom is -0.444 e. The summed E-state index contributed by atoms with van der Waals surface area (Å²) in [6, 6.07) is 7.87. The summed E-state index contributed by atoms with van der Waals surface area (Å²) in [5.41, 5.74) is 3.43. The minimum absolute atomic E-state index is 0.243. The van der Waals surface area contributed by atoms with Crippen molar-refractivity contribution in [1.82, 2.24) is 14.9 Å². The van der Waals surface area contributed by atoms with Crippen LogP contribution in [0.2, 0.25) is 5.02 Å². The van der Waals surface area contributed by atoms with E-state index in [1.165, 1.54) is 0 Å². The van der Waals surface area contributed by atoms with Gasteiger partial charge >= 0.3 is 6.09 Å². The number of halogens is 1. The van der Waals surface area contributed by atoms with Crippen LogP contribution in [0.25, 0.3) is 5.70 Å². The first kappa shape index (κ1) is 27.2. The first-order valence-corrected chi connectivity index (χ1v) is 12.4. The van der Waals surface area contributed by atoms with E-state index in [0.717, 1.165) is 37.2 Å². The summed E-state index contributed by atoms with van der Waals surface area (Å²) < 4.78 is 5.30. The van der Waals surface area contributed by atoms with Crippen molar-refractivity contribution in [1.29, 1.82) is 0 Å². The molecule has 1 aromatic carbocycles. The zero-order valence-electron chi connectivity index (χ0n) is 21.6. The lowest BCUT2D eigenvalue weighted by atomic mass is 10.0. The van der Waals surface area contributed by atoms with E-state index in [2.05, 4.69) is 37.1 Å². The number of carbonyl (C=O) groups excluding carboxylic acids is 1. The third kappa shape index (κ3) is 7.55. The van der Waals surface area contributed by atoms with Gasteiger partial charge in [0.15, 0.2) is 0 Å². The Morgan fingerprint density at radius 1 is 1.25 bits per heavy atom. The van der Waals surface area contributed by atoms with Crippen LogP contribution in [0.15, 0.2) is 54.2 Å². The van der Waals surface area contributed by atoms with Crippen LogP contribution in [0, 0.1) is 0 Å². The second-order valence-electron chi connectivity index (χ2n) is 9.56. The minimum atomic E-state index is -0.541. The Bertz CT molecular complexity index is 1130. The lowest BCUT2D eigenvalue weighted by Gasteiger charge is -2.35. The number of benzene rings is 1. The quantitative estimate of drug-likeness (QED) is 0.442. The molecule has 0 bridgehead atoms. The Balaban J connectivity index is 1.55. The molecule has 0 atom stereocenters. The van der Waals surface area contributed by atoms with Gasteiger partial charge < -0.3 is 15.0 Å². The van der Waals surface area contributed by atoms with Crippen LogP contribution in [-0.4, -0.2) is 58.5 Å². The number of hydrogen-bond donors (Lipinski definition) is 2. The van der Waals surface area contributed by atoms with Gasteiger partial charge in [0, 0.05) is 37.6 Å². The fourth-order valence-corrected chi connectivity index (χ4v) is 4.05. The maximum atomic E-state index is 12.0. The van der Waals surface area contributed by atoms with Crippen molar-refractivity contribution < 1.29 is 9.53 Å². The number of ether oxygens (including phenoxy) is 1. The molecule has 1 fully saturated rings. The van der Waals surface area contributed by atoms with Crippen molar-refractivity contribution in [3.8, 4) is 0 Å². The van der Waals surface area contributed by atoms with E-state index in [4.69, 9.17) is 16.3 Å². The average molecular weight is 511 g/mol. The average Bonchev–Trinajstić information content (AvgIpc) is 2.83. The molecule has 2 heterocycles. The third-order valence-corrected chi connectivity index (χ3v) is 5.90. The van der Waals surface area contributed by atoms with Gasteiger partial charge in [0.05, 0.1) is 16.9 Å². The molecular weight excluding hydrogens is 476 g/mol. The molecule has 192 valence electrons. The highest BCUT2D eigenvalue weighted by Crippen LogP contribution is 2.25. The molecule has 0 saturated carbocycles. The monoisotopic (exact) mass is 510 g/mol. The number of aliphatic imine (C=N–C) groups is 1. The Morgan fingerprint density at radius 3 is 2.50 bits per heavy atom. The summed E-state index contributed by atoms with van der Waals surface area (Å²) in [4.78, 5) is 27.5. The van der Waals surface area contributed by atoms with Crippen molar-refractivity contribution in [2.45, 2.75) is 52.2 Å². The van der Waals surface area contributed by atoms with Crippen molar-refractivity contribution in [3.63, 3.8) is 0 Å². The van der Waals surface area contributed by atoms with Gasteiger partial charge in [-0.25, -0.2) is 14.8 Å². The number of hydrogen-bond acceptors (Lipinski definition) is 7.